The summed E-state index contributed by atoms with van der Waals surface area (Å²) >= 11 is 0. The Hall–Kier alpha value is -3.47. The third kappa shape index (κ3) is 57.4. The SMILES string of the molecule is CC/C=C\C/C=C\C/C=C\C/C=C\C/C=C\C/C=C\C/C=C\C/C=C\C/C=C\CCCC(=O)NC(CO)C(O)/C=C/CC/C=C/CCCCCCCCCCCCCCCCCCCCCCCCCCC. The van der Waals surface area contributed by atoms with Crippen molar-refractivity contribution >= 4 is 5.91 Å². The lowest BCUT2D eigenvalue weighted by molar-refractivity contribution is -0.122. The molecule has 0 bridgehead atoms. The average Bonchev–Trinajstić information content (AvgIpc) is 3.39. The molecule has 0 saturated carbocycles. The predicted molar refractivity (Wildman–Crippen MR) is 322 cm³/mol. The van der Waals surface area contributed by atoms with E-state index in [1.165, 1.54) is 161 Å². The zero-order valence-electron chi connectivity index (χ0n) is 47.2. The van der Waals surface area contributed by atoms with Crippen LogP contribution >= 0.6 is 0 Å². The van der Waals surface area contributed by atoms with Crippen LogP contribution in [0.15, 0.2) is 134 Å². The number of hydrogen-bond acceptors (Lipinski definition) is 3. The molecule has 0 radical (unpaired) electrons. The molecule has 72 heavy (non-hydrogen) atoms. The zero-order valence-corrected chi connectivity index (χ0v) is 47.2. The van der Waals surface area contributed by atoms with Crippen LogP contribution in [-0.4, -0.2) is 34.9 Å². The summed E-state index contributed by atoms with van der Waals surface area (Å²) in [4.78, 5) is 12.5. The number of allylic oxidation sites excluding steroid dienone is 21. The van der Waals surface area contributed by atoms with Crippen molar-refractivity contribution in [2.75, 3.05) is 6.61 Å². The van der Waals surface area contributed by atoms with Crippen molar-refractivity contribution < 1.29 is 15.0 Å². The van der Waals surface area contributed by atoms with Gasteiger partial charge in [0.05, 0.1) is 18.8 Å². The minimum Gasteiger partial charge on any atom is -0.394 e. The number of amides is 1. The molecule has 1 amide bonds. The lowest BCUT2D eigenvalue weighted by atomic mass is 10.0. The van der Waals surface area contributed by atoms with Crippen LogP contribution in [0.1, 0.15) is 271 Å². The van der Waals surface area contributed by atoms with E-state index >= 15 is 0 Å². The average molecular weight is 995 g/mol. The summed E-state index contributed by atoms with van der Waals surface area (Å²) in [5.41, 5.74) is 0. The van der Waals surface area contributed by atoms with Crippen LogP contribution in [0, 0.1) is 0 Å². The second-order valence-corrected chi connectivity index (χ2v) is 20.0. The van der Waals surface area contributed by atoms with Crippen molar-refractivity contribution in [1.29, 1.82) is 0 Å². The molecule has 0 spiro atoms. The van der Waals surface area contributed by atoms with Crippen LogP contribution in [0.4, 0.5) is 0 Å². The summed E-state index contributed by atoms with van der Waals surface area (Å²) < 4.78 is 0. The molecular formula is C68H115NO3. The Morgan fingerprint density at radius 2 is 0.625 bits per heavy atom. The number of nitrogens with one attached hydrogen (secondary N) is 1. The summed E-state index contributed by atoms with van der Waals surface area (Å²) in [6, 6.07) is -0.682. The van der Waals surface area contributed by atoms with Crippen LogP contribution in [0.5, 0.6) is 0 Å². The molecule has 0 saturated heterocycles. The number of aliphatic hydroxyl groups excluding tert-OH is 2. The van der Waals surface area contributed by atoms with Gasteiger partial charge in [0.15, 0.2) is 0 Å². The molecule has 0 aromatic carbocycles. The topological polar surface area (TPSA) is 69.6 Å². The van der Waals surface area contributed by atoms with Gasteiger partial charge >= 0.3 is 0 Å². The second kappa shape index (κ2) is 61.8. The van der Waals surface area contributed by atoms with Crippen molar-refractivity contribution in [2.24, 2.45) is 0 Å². The third-order valence-corrected chi connectivity index (χ3v) is 13.1. The molecule has 2 unspecified atom stereocenters. The van der Waals surface area contributed by atoms with Crippen molar-refractivity contribution in [2.45, 2.75) is 283 Å². The molecule has 2 atom stereocenters. The van der Waals surface area contributed by atoms with Gasteiger partial charge in [0.1, 0.15) is 0 Å². The van der Waals surface area contributed by atoms with Gasteiger partial charge in [0.2, 0.25) is 5.91 Å². The fraction of sp³-hybridized carbons (Fsp3) is 0.662. The van der Waals surface area contributed by atoms with Crippen LogP contribution in [0.25, 0.3) is 0 Å². The lowest BCUT2D eigenvalue weighted by Crippen LogP contribution is -2.45. The molecule has 0 aliphatic rings. The highest BCUT2D eigenvalue weighted by Crippen LogP contribution is 2.16. The van der Waals surface area contributed by atoms with Gasteiger partial charge in [-0.3, -0.25) is 4.79 Å². The van der Waals surface area contributed by atoms with Crippen molar-refractivity contribution in [3.8, 4) is 0 Å². The first-order valence-electron chi connectivity index (χ1n) is 30.4. The standard InChI is InChI=1S/C68H115NO3/c1-3-5-7-9-11-13-15-17-19-21-23-25-27-29-31-33-34-36-37-39-41-43-45-47-49-51-53-55-57-59-61-63-67(71)66(65-70)69-68(72)64-62-60-58-56-54-52-50-48-46-44-42-40-38-35-32-30-28-26-24-22-20-18-16-14-12-10-8-6-4-2/h6,8,12,14,18,20,24,26,30,32,38,40,44,46,50,52-53,55-56,58,61,63,66-67,70-71H,3-5,7,9-11,13,15-17,19,21-23,25,27-29,31,33-37,39,41-43,45,47-49,51,54,57,59-60,62,64-65H2,1-2H3,(H,69,72)/b8-6-,14-12-,20-18-,26-24-,32-30-,40-38-,46-44-,52-50-,55-53+,58-56-,63-61+. The number of carbonyl (C=O) groups is 1. The molecule has 0 aliphatic carbocycles. The molecule has 0 heterocycles. The first-order valence-corrected chi connectivity index (χ1v) is 30.4. The van der Waals surface area contributed by atoms with Crippen LogP contribution in [-0.2, 0) is 4.79 Å². The molecule has 4 nitrogen and oxygen atoms in total. The Labute approximate surface area is 447 Å². The van der Waals surface area contributed by atoms with E-state index in [4.69, 9.17) is 0 Å². The number of unbranched alkanes of at least 4 members (excludes halogenated alkanes) is 27. The summed E-state index contributed by atoms with van der Waals surface area (Å²) in [6.45, 7) is 4.17. The first-order chi connectivity index (χ1) is 35.7. The highest BCUT2D eigenvalue weighted by atomic mass is 16.3. The number of hydrogen-bond donors (Lipinski definition) is 3. The van der Waals surface area contributed by atoms with E-state index in [0.29, 0.717) is 6.42 Å². The Bertz CT molecular complexity index is 1450. The van der Waals surface area contributed by atoms with Crippen LogP contribution in [0.2, 0.25) is 0 Å². The minimum atomic E-state index is -0.898. The van der Waals surface area contributed by atoms with Gasteiger partial charge in [0, 0.05) is 6.42 Å². The number of aliphatic hydroxyl groups is 2. The van der Waals surface area contributed by atoms with Crippen molar-refractivity contribution in [3.63, 3.8) is 0 Å². The predicted octanol–water partition coefficient (Wildman–Crippen LogP) is 20.6. The zero-order chi connectivity index (χ0) is 52.0. The molecule has 0 aromatic rings. The number of carbonyl (C=O) groups excluding carboxylic acids is 1. The monoisotopic (exact) mass is 994 g/mol. The second-order valence-electron chi connectivity index (χ2n) is 20.0. The molecule has 0 aliphatic heterocycles. The maximum absolute atomic E-state index is 12.5. The Morgan fingerprint density at radius 1 is 0.347 bits per heavy atom. The van der Waals surface area contributed by atoms with Gasteiger partial charge in [-0.1, -0.05) is 302 Å². The van der Waals surface area contributed by atoms with E-state index in [9.17, 15) is 15.0 Å². The quantitative estimate of drug-likeness (QED) is 0.0420. The Balaban J connectivity index is 3.67. The lowest BCUT2D eigenvalue weighted by Gasteiger charge is -2.19. The Kier molecular flexibility index (Phi) is 58.8. The summed E-state index contributed by atoms with van der Waals surface area (Å²) in [5.74, 6) is -0.135. The molecule has 0 rings (SSSR count). The highest BCUT2D eigenvalue weighted by molar-refractivity contribution is 5.76. The third-order valence-electron chi connectivity index (χ3n) is 13.1. The number of rotatable bonds is 54. The van der Waals surface area contributed by atoms with Crippen molar-refractivity contribution in [3.05, 3.63) is 134 Å². The normalized spacial score (nSPS) is 13.8. The van der Waals surface area contributed by atoms with E-state index in [0.717, 1.165) is 89.9 Å². The van der Waals surface area contributed by atoms with Gasteiger partial charge in [0.25, 0.3) is 0 Å². The van der Waals surface area contributed by atoms with E-state index in [1.807, 2.05) is 6.08 Å². The van der Waals surface area contributed by atoms with Gasteiger partial charge in [-0.05, 0) is 96.3 Å². The van der Waals surface area contributed by atoms with E-state index in [2.05, 4.69) is 141 Å². The van der Waals surface area contributed by atoms with Crippen LogP contribution in [0.3, 0.4) is 0 Å². The largest absolute Gasteiger partial charge is 0.394 e. The molecule has 410 valence electrons. The van der Waals surface area contributed by atoms with Crippen molar-refractivity contribution in [1.82, 2.24) is 5.32 Å². The smallest absolute Gasteiger partial charge is 0.220 e. The summed E-state index contributed by atoms with van der Waals surface area (Å²) in [5, 5.41) is 23.1. The van der Waals surface area contributed by atoms with Gasteiger partial charge < -0.3 is 15.5 Å². The summed E-state index contributed by atoms with van der Waals surface area (Å²) in [6.07, 6.45) is 96.4. The van der Waals surface area contributed by atoms with Gasteiger partial charge in [-0.25, -0.2) is 0 Å². The molecule has 4 heteroatoms. The Morgan fingerprint density at radius 3 is 0.972 bits per heavy atom. The fourth-order valence-corrected chi connectivity index (χ4v) is 8.55. The fourth-order valence-electron chi connectivity index (χ4n) is 8.55. The molecule has 0 aromatic heterocycles. The molecule has 0 fully saturated rings. The molecular weight excluding hydrogens is 879 g/mol. The minimum absolute atomic E-state index is 0.135. The van der Waals surface area contributed by atoms with E-state index in [1.54, 1.807) is 6.08 Å². The maximum atomic E-state index is 12.5. The van der Waals surface area contributed by atoms with Gasteiger partial charge in [-0.2, -0.15) is 0 Å². The maximum Gasteiger partial charge on any atom is 0.220 e. The van der Waals surface area contributed by atoms with E-state index in [-0.39, 0.29) is 12.5 Å². The van der Waals surface area contributed by atoms with Gasteiger partial charge in [-0.15, -0.1) is 0 Å². The van der Waals surface area contributed by atoms with Crippen LogP contribution < -0.4 is 5.32 Å². The molecule has 3 N–H and O–H groups in total. The summed E-state index contributed by atoms with van der Waals surface area (Å²) in [7, 11) is 0. The highest BCUT2D eigenvalue weighted by Gasteiger charge is 2.17. The first kappa shape index (κ1) is 68.5. The van der Waals surface area contributed by atoms with E-state index < -0.39 is 12.1 Å².